The molecule has 0 heterocycles. The quantitative estimate of drug-likeness (QED) is 0.881. The van der Waals surface area contributed by atoms with Crippen molar-refractivity contribution < 1.29 is 14.3 Å². The van der Waals surface area contributed by atoms with Crippen LogP contribution in [0.3, 0.4) is 0 Å². The second-order valence-electron chi connectivity index (χ2n) is 5.23. The molecule has 2 rings (SSSR count). The Kier molecular flexibility index (Phi) is 4.40. The average molecular weight is 265 g/mol. The van der Waals surface area contributed by atoms with Gasteiger partial charge < -0.3 is 10.4 Å². The number of phenols is 1. The lowest BCUT2D eigenvalue weighted by atomic mass is 9.84. The van der Waals surface area contributed by atoms with E-state index in [0.29, 0.717) is 0 Å². The maximum absolute atomic E-state index is 13.6. The largest absolute Gasteiger partial charge is 0.507 e. The molecule has 1 aromatic carbocycles. The number of hydrogen-bond acceptors (Lipinski definition) is 2. The maximum atomic E-state index is 13.6. The topological polar surface area (TPSA) is 49.3 Å². The van der Waals surface area contributed by atoms with E-state index in [0.717, 1.165) is 31.6 Å². The van der Waals surface area contributed by atoms with Crippen LogP contribution < -0.4 is 5.32 Å². The van der Waals surface area contributed by atoms with Crippen molar-refractivity contribution in [2.45, 2.75) is 45.1 Å². The lowest BCUT2D eigenvalue weighted by Crippen LogP contribution is -2.38. The summed E-state index contributed by atoms with van der Waals surface area (Å²) in [6.07, 6.45) is 5.24. The van der Waals surface area contributed by atoms with Crippen LogP contribution in [0.25, 0.3) is 0 Å². The van der Waals surface area contributed by atoms with Gasteiger partial charge in [-0.25, -0.2) is 4.39 Å². The van der Waals surface area contributed by atoms with E-state index in [-0.39, 0.29) is 17.4 Å². The molecule has 1 aliphatic carbocycles. The number of carbonyl (C=O) groups is 1. The van der Waals surface area contributed by atoms with Crippen molar-refractivity contribution in [3.8, 4) is 5.75 Å². The molecule has 2 N–H and O–H groups in total. The van der Waals surface area contributed by atoms with Gasteiger partial charge in [-0.15, -0.1) is 0 Å². The molecule has 19 heavy (non-hydrogen) atoms. The predicted octanol–water partition coefficient (Wildman–Crippen LogP) is 3.23. The monoisotopic (exact) mass is 265 g/mol. The van der Waals surface area contributed by atoms with Crippen LogP contribution in [0.15, 0.2) is 18.2 Å². The number of hydrogen-bond donors (Lipinski definition) is 2. The molecule has 1 aromatic rings. The highest BCUT2D eigenvalue weighted by Crippen LogP contribution is 2.27. The Morgan fingerprint density at radius 3 is 2.63 bits per heavy atom. The van der Waals surface area contributed by atoms with Crippen molar-refractivity contribution in [3.63, 3.8) is 0 Å². The summed E-state index contributed by atoms with van der Waals surface area (Å²) in [7, 11) is 0. The van der Waals surface area contributed by atoms with Gasteiger partial charge in [-0.3, -0.25) is 4.79 Å². The molecular weight excluding hydrogens is 245 g/mol. The van der Waals surface area contributed by atoms with Gasteiger partial charge in [-0.2, -0.15) is 0 Å². The van der Waals surface area contributed by atoms with Crippen LogP contribution in [-0.4, -0.2) is 17.1 Å². The fourth-order valence-electron chi connectivity index (χ4n) is 2.71. The fourth-order valence-corrected chi connectivity index (χ4v) is 2.71. The Morgan fingerprint density at radius 1 is 1.37 bits per heavy atom. The van der Waals surface area contributed by atoms with E-state index in [1.807, 2.05) is 0 Å². The van der Waals surface area contributed by atoms with Crippen molar-refractivity contribution in [1.82, 2.24) is 5.32 Å². The molecule has 0 aromatic heterocycles. The van der Waals surface area contributed by atoms with Gasteiger partial charge in [-0.1, -0.05) is 19.4 Å². The highest BCUT2D eigenvalue weighted by atomic mass is 19.1. The minimum atomic E-state index is -0.681. The van der Waals surface area contributed by atoms with Crippen LogP contribution in [0, 0.1) is 11.7 Å². The molecule has 0 atom stereocenters. The molecule has 0 aliphatic heterocycles. The molecule has 1 aliphatic rings. The van der Waals surface area contributed by atoms with Crippen molar-refractivity contribution in [2.24, 2.45) is 5.92 Å². The first-order chi connectivity index (χ1) is 9.11. The molecule has 3 nitrogen and oxygen atoms in total. The standard InChI is InChI=1S/C15H20FNO2/c1-2-10-6-8-11(9-7-10)17-15(19)14-12(16)4-3-5-13(14)18/h3-5,10-11,18H,2,6-9H2,1H3,(H,17,19). The molecule has 0 bridgehead atoms. The Labute approximate surface area is 112 Å². The van der Waals surface area contributed by atoms with Crippen LogP contribution in [0.2, 0.25) is 0 Å². The Bertz CT molecular complexity index is 433. The number of phenolic OH excluding ortho intramolecular Hbond substituents is 1. The van der Waals surface area contributed by atoms with Crippen molar-refractivity contribution in [2.75, 3.05) is 0 Å². The molecule has 0 saturated heterocycles. The van der Waals surface area contributed by atoms with Gasteiger partial charge >= 0.3 is 0 Å². The SMILES string of the molecule is CCC1CCC(NC(=O)c2c(O)cccc2F)CC1. The van der Waals surface area contributed by atoms with Crippen LogP contribution in [0.1, 0.15) is 49.4 Å². The van der Waals surface area contributed by atoms with E-state index in [1.165, 1.54) is 24.6 Å². The Balaban J connectivity index is 1.98. The van der Waals surface area contributed by atoms with Gasteiger partial charge in [0.25, 0.3) is 5.91 Å². The molecule has 4 heteroatoms. The van der Waals surface area contributed by atoms with Gasteiger partial charge in [0.2, 0.25) is 0 Å². The van der Waals surface area contributed by atoms with Crippen LogP contribution in [0.4, 0.5) is 4.39 Å². The average Bonchev–Trinajstić information content (AvgIpc) is 2.39. The lowest BCUT2D eigenvalue weighted by Gasteiger charge is -2.28. The first-order valence-corrected chi connectivity index (χ1v) is 6.90. The molecular formula is C15H20FNO2. The summed E-state index contributed by atoms with van der Waals surface area (Å²) < 4.78 is 13.6. The molecule has 104 valence electrons. The highest BCUT2D eigenvalue weighted by Gasteiger charge is 2.24. The summed E-state index contributed by atoms with van der Waals surface area (Å²) in [5, 5.41) is 12.4. The zero-order valence-electron chi connectivity index (χ0n) is 11.2. The van der Waals surface area contributed by atoms with Gasteiger partial charge in [0, 0.05) is 6.04 Å². The van der Waals surface area contributed by atoms with Crippen molar-refractivity contribution >= 4 is 5.91 Å². The van der Waals surface area contributed by atoms with Crippen LogP contribution in [-0.2, 0) is 0 Å². The Morgan fingerprint density at radius 2 is 2.05 bits per heavy atom. The van der Waals surface area contributed by atoms with Crippen molar-refractivity contribution in [3.05, 3.63) is 29.6 Å². The second kappa shape index (κ2) is 6.04. The van der Waals surface area contributed by atoms with Gasteiger partial charge in [0.05, 0.1) is 0 Å². The zero-order chi connectivity index (χ0) is 13.8. The highest BCUT2D eigenvalue weighted by molar-refractivity contribution is 5.97. The number of benzene rings is 1. The molecule has 1 fully saturated rings. The number of carbonyl (C=O) groups excluding carboxylic acids is 1. The first kappa shape index (κ1) is 13.8. The molecule has 0 radical (unpaired) electrons. The van der Waals surface area contributed by atoms with E-state index in [1.54, 1.807) is 0 Å². The zero-order valence-corrected chi connectivity index (χ0v) is 11.2. The Hall–Kier alpha value is -1.58. The normalized spacial score (nSPS) is 23.1. The predicted molar refractivity (Wildman–Crippen MR) is 71.6 cm³/mol. The number of rotatable bonds is 3. The van der Waals surface area contributed by atoms with E-state index in [2.05, 4.69) is 12.2 Å². The third kappa shape index (κ3) is 3.25. The van der Waals surface area contributed by atoms with Crippen molar-refractivity contribution in [1.29, 1.82) is 0 Å². The van der Waals surface area contributed by atoms with E-state index < -0.39 is 11.7 Å². The van der Waals surface area contributed by atoms with Gasteiger partial charge in [0.15, 0.2) is 0 Å². The first-order valence-electron chi connectivity index (χ1n) is 6.90. The lowest BCUT2D eigenvalue weighted by molar-refractivity contribution is 0.0914. The minimum absolute atomic E-state index is 0.0920. The van der Waals surface area contributed by atoms with E-state index in [4.69, 9.17) is 0 Å². The van der Waals surface area contributed by atoms with E-state index >= 15 is 0 Å². The number of amides is 1. The third-order valence-corrected chi connectivity index (χ3v) is 3.98. The number of nitrogens with one attached hydrogen (secondary N) is 1. The number of halogens is 1. The van der Waals surface area contributed by atoms with Crippen LogP contribution >= 0.6 is 0 Å². The summed E-state index contributed by atoms with van der Waals surface area (Å²) in [6, 6.07) is 3.98. The maximum Gasteiger partial charge on any atom is 0.258 e. The second-order valence-corrected chi connectivity index (χ2v) is 5.23. The van der Waals surface area contributed by atoms with Gasteiger partial charge in [0.1, 0.15) is 17.1 Å². The summed E-state index contributed by atoms with van der Waals surface area (Å²) in [5.74, 6) is -0.759. The summed E-state index contributed by atoms with van der Waals surface area (Å²) in [5.41, 5.74) is -0.250. The molecule has 0 spiro atoms. The van der Waals surface area contributed by atoms with E-state index in [9.17, 15) is 14.3 Å². The van der Waals surface area contributed by atoms with Crippen LogP contribution in [0.5, 0.6) is 5.75 Å². The van der Waals surface area contributed by atoms with Gasteiger partial charge in [-0.05, 0) is 43.7 Å². The molecule has 0 unspecified atom stereocenters. The molecule has 1 saturated carbocycles. The number of aromatic hydroxyl groups is 1. The summed E-state index contributed by atoms with van der Waals surface area (Å²) in [4.78, 5) is 12.0. The third-order valence-electron chi connectivity index (χ3n) is 3.98. The summed E-state index contributed by atoms with van der Waals surface area (Å²) in [6.45, 7) is 2.18. The molecule has 1 amide bonds. The smallest absolute Gasteiger partial charge is 0.258 e. The minimum Gasteiger partial charge on any atom is -0.507 e. The summed E-state index contributed by atoms with van der Waals surface area (Å²) >= 11 is 0. The fraction of sp³-hybridized carbons (Fsp3) is 0.533.